The Morgan fingerprint density at radius 3 is 2.45 bits per heavy atom. The molecule has 0 amide bonds. The van der Waals surface area contributed by atoms with E-state index >= 15 is 0 Å². The summed E-state index contributed by atoms with van der Waals surface area (Å²) >= 11 is 5.82. The molecule has 1 aromatic heterocycles. The smallest absolute Gasteiger partial charge is 0.0304 e. The van der Waals surface area contributed by atoms with Crippen molar-refractivity contribution in [2.75, 3.05) is 5.75 Å². The average molecular weight is 298 g/mol. The quantitative estimate of drug-likeness (QED) is 0.565. The number of aryl methyl sites for hydroxylation is 1. The lowest BCUT2D eigenvalue weighted by molar-refractivity contribution is 1.51. The number of rotatable bonds is 2. The van der Waals surface area contributed by atoms with Crippen LogP contribution in [0.1, 0.15) is 10.4 Å². The summed E-state index contributed by atoms with van der Waals surface area (Å²) in [5, 5.41) is 4.69. The van der Waals surface area contributed by atoms with Crippen LogP contribution in [-0.2, 0) is 0 Å². The lowest BCUT2D eigenvalue weighted by Crippen LogP contribution is -1.75. The number of hydrogen-bond acceptors (Lipinski definition) is 2. The largest absolute Gasteiger partial charge is 0.175 e. The van der Waals surface area contributed by atoms with Crippen LogP contribution in [0.5, 0.6) is 0 Å². The van der Waals surface area contributed by atoms with Gasteiger partial charge in [-0.15, -0.1) is 11.3 Å². The van der Waals surface area contributed by atoms with Crippen LogP contribution in [0.15, 0.2) is 66.6 Å². The van der Waals surface area contributed by atoms with Crippen molar-refractivity contribution in [3.8, 4) is 0 Å². The summed E-state index contributed by atoms with van der Waals surface area (Å²) in [7, 11) is 0. The fourth-order valence-electron chi connectivity index (χ4n) is 1.87. The molecule has 2 heteroatoms. The maximum absolute atomic E-state index is 4.11. The first-order valence-corrected chi connectivity index (χ1v) is 8.00. The average Bonchev–Trinajstić information content (AvgIpc) is 3.01. The Kier molecular flexibility index (Phi) is 5.45. The van der Waals surface area contributed by atoms with Crippen LogP contribution in [0.2, 0.25) is 0 Å². The van der Waals surface area contributed by atoms with Crippen LogP contribution < -0.4 is 0 Å². The monoisotopic (exact) mass is 298 g/mol. The van der Waals surface area contributed by atoms with E-state index in [9.17, 15) is 0 Å². The van der Waals surface area contributed by atoms with Gasteiger partial charge in [0.1, 0.15) is 0 Å². The number of thiol groups is 1. The van der Waals surface area contributed by atoms with Gasteiger partial charge in [-0.1, -0.05) is 60.7 Å². The van der Waals surface area contributed by atoms with Gasteiger partial charge in [-0.05, 0) is 34.7 Å². The highest BCUT2D eigenvalue weighted by molar-refractivity contribution is 7.80. The van der Waals surface area contributed by atoms with Crippen molar-refractivity contribution >= 4 is 40.3 Å². The fourth-order valence-corrected chi connectivity index (χ4v) is 2.84. The van der Waals surface area contributed by atoms with Gasteiger partial charge in [0.15, 0.2) is 0 Å². The molecule has 0 unspecified atom stereocenters. The minimum absolute atomic E-state index is 0.751. The molecule has 0 aliphatic rings. The molecule has 1 heterocycles. The van der Waals surface area contributed by atoms with E-state index in [0.717, 1.165) is 11.3 Å². The van der Waals surface area contributed by atoms with Crippen molar-refractivity contribution in [3.63, 3.8) is 0 Å². The second kappa shape index (κ2) is 7.32. The Morgan fingerprint density at radius 2 is 1.80 bits per heavy atom. The normalized spacial score (nSPS) is 9.90. The minimum atomic E-state index is 0.751. The molecule has 3 aromatic rings. The van der Waals surface area contributed by atoms with Gasteiger partial charge in [0.25, 0.3) is 0 Å². The summed E-state index contributed by atoms with van der Waals surface area (Å²) in [4.78, 5) is 1.24. The number of hydrogen-bond donors (Lipinski definition) is 1. The molecule has 0 spiro atoms. The minimum Gasteiger partial charge on any atom is -0.175 e. The van der Waals surface area contributed by atoms with E-state index in [2.05, 4.69) is 74.7 Å². The zero-order valence-corrected chi connectivity index (χ0v) is 13.3. The van der Waals surface area contributed by atoms with E-state index in [-0.39, 0.29) is 0 Å². The molecular weight excluding hydrogens is 280 g/mol. The molecule has 0 nitrogen and oxygen atoms in total. The zero-order chi connectivity index (χ0) is 14.4. The summed E-state index contributed by atoms with van der Waals surface area (Å²) in [6, 6.07) is 19.0. The van der Waals surface area contributed by atoms with Gasteiger partial charge >= 0.3 is 0 Å². The Morgan fingerprint density at radius 1 is 1.05 bits per heavy atom. The molecule has 0 atom stereocenters. The molecule has 2 aromatic carbocycles. The fraction of sp³-hybridized carbons (Fsp3) is 0.111. The van der Waals surface area contributed by atoms with Crippen molar-refractivity contribution < 1.29 is 0 Å². The molecule has 0 bridgehead atoms. The van der Waals surface area contributed by atoms with Crippen LogP contribution in [-0.4, -0.2) is 5.75 Å². The predicted octanol–water partition coefficient (Wildman–Crippen LogP) is 5.84. The highest BCUT2D eigenvalue weighted by Crippen LogP contribution is 2.18. The van der Waals surface area contributed by atoms with Gasteiger partial charge in [-0.3, -0.25) is 0 Å². The van der Waals surface area contributed by atoms with Crippen LogP contribution in [0.4, 0.5) is 0 Å². The second-order valence-corrected chi connectivity index (χ2v) is 5.85. The summed E-state index contributed by atoms with van der Waals surface area (Å²) in [6.07, 6.45) is 0. The van der Waals surface area contributed by atoms with Crippen molar-refractivity contribution in [2.24, 2.45) is 0 Å². The van der Waals surface area contributed by atoms with Gasteiger partial charge in [0, 0.05) is 10.6 Å². The van der Waals surface area contributed by atoms with Crippen LogP contribution in [0.25, 0.3) is 16.3 Å². The lowest BCUT2D eigenvalue weighted by Gasteiger charge is -1.96. The van der Waals surface area contributed by atoms with E-state index in [1.807, 2.05) is 11.4 Å². The highest BCUT2D eigenvalue weighted by Gasteiger charge is 1.94. The third kappa shape index (κ3) is 3.99. The molecule has 20 heavy (non-hydrogen) atoms. The van der Waals surface area contributed by atoms with Gasteiger partial charge in [-0.2, -0.15) is 12.6 Å². The van der Waals surface area contributed by atoms with E-state index < -0.39 is 0 Å². The lowest BCUT2D eigenvalue weighted by atomic mass is 10.1. The predicted molar refractivity (Wildman–Crippen MR) is 95.9 cm³/mol. The third-order valence-corrected chi connectivity index (χ3v) is 4.32. The molecule has 3 rings (SSSR count). The first-order valence-electron chi connectivity index (χ1n) is 6.48. The zero-order valence-electron chi connectivity index (χ0n) is 11.5. The second-order valence-electron chi connectivity index (χ2n) is 4.59. The van der Waals surface area contributed by atoms with E-state index in [0.29, 0.717) is 0 Å². The first-order chi connectivity index (χ1) is 9.70. The van der Waals surface area contributed by atoms with Gasteiger partial charge in [0.05, 0.1) is 0 Å². The summed E-state index contributed by atoms with van der Waals surface area (Å²) < 4.78 is 0. The molecule has 0 radical (unpaired) electrons. The molecule has 0 aliphatic heterocycles. The van der Waals surface area contributed by atoms with E-state index in [4.69, 9.17) is 0 Å². The standard InChI is InChI=1S/C11H10.C7H8S2/c1-9-6-7-10-4-2-3-5-11(10)8-9;1-6(5-8)7-3-2-4-9-7/h2-8H,1H3;2-4,8H,1,5H2. The van der Waals surface area contributed by atoms with Gasteiger partial charge < -0.3 is 0 Å². The number of benzene rings is 2. The molecule has 0 N–H and O–H groups in total. The Labute approximate surface area is 130 Å². The summed E-state index contributed by atoms with van der Waals surface area (Å²) in [5.74, 6) is 0.751. The van der Waals surface area contributed by atoms with Crippen LogP contribution in [0, 0.1) is 6.92 Å². The van der Waals surface area contributed by atoms with Crippen LogP contribution >= 0.6 is 24.0 Å². The number of thiophene rings is 1. The molecule has 0 aliphatic carbocycles. The Bertz CT molecular complexity index is 681. The van der Waals surface area contributed by atoms with Crippen molar-refractivity contribution in [2.45, 2.75) is 6.92 Å². The molecule has 0 saturated carbocycles. The SMILES string of the molecule is C=C(CS)c1cccs1.Cc1ccc2ccccc2c1. The summed E-state index contributed by atoms with van der Waals surface area (Å²) in [6.45, 7) is 5.97. The molecule has 0 saturated heterocycles. The highest BCUT2D eigenvalue weighted by atomic mass is 32.1. The Hall–Kier alpha value is -1.51. The maximum atomic E-state index is 4.11. The van der Waals surface area contributed by atoms with Crippen molar-refractivity contribution in [1.82, 2.24) is 0 Å². The first kappa shape index (κ1) is 14.9. The van der Waals surface area contributed by atoms with Crippen molar-refractivity contribution in [3.05, 3.63) is 77.0 Å². The summed E-state index contributed by atoms with van der Waals surface area (Å²) in [5.41, 5.74) is 2.43. The Balaban J connectivity index is 0.000000151. The van der Waals surface area contributed by atoms with Gasteiger partial charge in [-0.25, -0.2) is 0 Å². The van der Waals surface area contributed by atoms with E-state index in [1.165, 1.54) is 21.2 Å². The third-order valence-electron chi connectivity index (χ3n) is 2.97. The number of fused-ring (bicyclic) bond motifs is 1. The van der Waals surface area contributed by atoms with Crippen LogP contribution in [0.3, 0.4) is 0 Å². The molecule has 102 valence electrons. The van der Waals surface area contributed by atoms with E-state index in [1.54, 1.807) is 11.3 Å². The topological polar surface area (TPSA) is 0 Å². The molecule has 0 fully saturated rings. The van der Waals surface area contributed by atoms with Crippen molar-refractivity contribution in [1.29, 1.82) is 0 Å². The van der Waals surface area contributed by atoms with Gasteiger partial charge in [0.2, 0.25) is 0 Å². The molecular formula is C18H18S2. The maximum Gasteiger partial charge on any atom is 0.0304 e.